The zero-order valence-corrected chi connectivity index (χ0v) is 11.8. The monoisotopic (exact) mass is 288 g/mol. The molecule has 3 N–H and O–H groups in total. The van der Waals surface area contributed by atoms with Crippen LogP contribution in [0.4, 0.5) is 5.69 Å². The molecule has 104 valence electrons. The lowest BCUT2D eigenvalue weighted by Crippen LogP contribution is -2.25. The van der Waals surface area contributed by atoms with Gasteiger partial charge < -0.3 is 15.8 Å². The highest BCUT2D eigenvalue weighted by atomic mass is 32.1. The number of nitrogens with zero attached hydrogens (tertiary/aromatic N) is 3. The molecule has 6 heteroatoms. The van der Waals surface area contributed by atoms with Gasteiger partial charge in [-0.2, -0.15) is 0 Å². The molecule has 1 aliphatic carbocycles. The second kappa shape index (κ2) is 5.50. The summed E-state index contributed by atoms with van der Waals surface area (Å²) in [4.78, 5) is 7.97. The third kappa shape index (κ3) is 2.75. The standard InChI is InChI=1S/C14H16N4OS/c15-14(17-19)13-6-5-11(8-16-13)18(10-3-4-10)9-12-2-1-7-20-12/h1-2,5-8,10,19H,3-4,9H2,(H2,15,17). The van der Waals surface area contributed by atoms with E-state index in [-0.39, 0.29) is 5.84 Å². The highest BCUT2D eigenvalue weighted by molar-refractivity contribution is 7.09. The summed E-state index contributed by atoms with van der Waals surface area (Å²) < 4.78 is 0. The number of amidine groups is 1. The third-order valence-corrected chi connectivity index (χ3v) is 4.20. The highest BCUT2D eigenvalue weighted by Crippen LogP contribution is 2.33. The fraction of sp³-hybridized carbons (Fsp3) is 0.286. The molecule has 0 saturated heterocycles. The van der Waals surface area contributed by atoms with Crippen molar-refractivity contribution in [3.05, 3.63) is 46.4 Å². The molecule has 1 aliphatic rings. The van der Waals surface area contributed by atoms with Crippen molar-refractivity contribution in [1.82, 2.24) is 4.98 Å². The van der Waals surface area contributed by atoms with Gasteiger partial charge in [0.1, 0.15) is 5.69 Å². The fourth-order valence-electron chi connectivity index (χ4n) is 2.15. The SMILES string of the molecule is N/C(=N/O)c1ccc(N(Cc2cccs2)C2CC2)cn1. The van der Waals surface area contributed by atoms with Crippen LogP contribution in [0.3, 0.4) is 0 Å². The van der Waals surface area contributed by atoms with Crippen LogP contribution in [0.5, 0.6) is 0 Å². The Hall–Kier alpha value is -2.08. The molecule has 1 saturated carbocycles. The predicted molar refractivity (Wildman–Crippen MR) is 80.3 cm³/mol. The van der Waals surface area contributed by atoms with Crippen molar-refractivity contribution >= 4 is 22.9 Å². The van der Waals surface area contributed by atoms with Crippen molar-refractivity contribution in [1.29, 1.82) is 0 Å². The minimum absolute atomic E-state index is 0.0350. The van der Waals surface area contributed by atoms with Crippen molar-refractivity contribution in [2.75, 3.05) is 4.90 Å². The molecule has 0 spiro atoms. The molecule has 0 unspecified atom stereocenters. The molecule has 2 aromatic heterocycles. The van der Waals surface area contributed by atoms with Crippen LogP contribution in [0.1, 0.15) is 23.4 Å². The van der Waals surface area contributed by atoms with Gasteiger partial charge in [0, 0.05) is 10.9 Å². The number of aromatic nitrogens is 1. The number of anilines is 1. The Balaban J connectivity index is 1.81. The Morgan fingerprint density at radius 2 is 2.30 bits per heavy atom. The predicted octanol–water partition coefficient (Wildman–Crippen LogP) is 2.41. The van der Waals surface area contributed by atoms with Crippen LogP contribution in [-0.4, -0.2) is 22.1 Å². The molecule has 20 heavy (non-hydrogen) atoms. The summed E-state index contributed by atoms with van der Waals surface area (Å²) in [6.45, 7) is 0.910. The van der Waals surface area contributed by atoms with E-state index in [4.69, 9.17) is 10.9 Å². The van der Waals surface area contributed by atoms with Gasteiger partial charge in [0.15, 0.2) is 5.84 Å². The molecule has 1 fully saturated rings. The molecule has 0 radical (unpaired) electrons. The van der Waals surface area contributed by atoms with Gasteiger partial charge in [-0.25, -0.2) is 0 Å². The number of rotatable bonds is 5. The fourth-order valence-corrected chi connectivity index (χ4v) is 2.85. The molecule has 0 bridgehead atoms. The molecule has 2 aromatic rings. The maximum absolute atomic E-state index is 8.65. The van der Waals surface area contributed by atoms with Crippen molar-refractivity contribution in [3.8, 4) is 0 Å². The van der Waals surface area contributed by atoms with Gasteiger partial charge in [-0.05, 0) is 36.4 Å². The van der Waals surface area contributed by atoms with E-state index in [1.165, 1.54) is 17.7 Å². The Bertz CT molecular complexity index is 590. The van der Waals surface area contributed by atoms with Crippen LogP contribution >= 0.6 is 11.3 Å². The molecular weight excluding hydrogens is 272 g/mol. The normalized spacial score (nSPS) is 15.3. The first-order valence-electron chi connectivity index (χ1n) is 6.51. The van der Waals surface area contributed by atoms with Gasteiger partial charge in [-0.3, -0.25) is 4.98 Å². The first kappa shape index (κ1) is 12.9. The lowest BCUT2D eigenvalue weighted by molar-refractivity contribution is 0.318. The average Bonchev–Trinajstić information content (AvgIpc) is 3.21. The second-order valence-electron chi connectivity index (χ2n) is 4.83. The van der Waals surface area contributed by atoms with E-state index in [1.54, 1.807) is 23.6 Å². The smallest absolute Gasteiger partial charge is 0.188 e. The zero-order chi connectivity index (χ0) is 13.9. The Kier molecular flexibility index (Phi) is 3.56. The first-order chi connectivity index (χ1) is 9.78. The molecule has 3 rings (SSSR count). The van der Waals surface area contributed by atoms with Crippen molar-refractivity contribution in [2.24, 2.45) is 10.9 Å². The van der Waals surface area contributed by atoms with E-state index < -0.39 is 0 Å². The molecule has 0 aromatic carbocycles. The summed E-state index contributed by atoms with van der Waals surface area (Å²) in [7, 11) is 0. The maximum atomic E-state index is 8.65. The van der Waals surface area contributed by atoms with Gasteiger partial charge in [-0.15, -0.1) is 11.3 Å². The summed E-state index contributed by atoms with van der Waals surface area (Å²) in [5, 5.41) is 13.7. The van der Waals surface area contributed by atoms with E-state index in [0.29, 0.717) is 11.7 Å². The van der Waals surface area contributed by atoms with Gasteiger partial charge >= 0.3 is 0 Å². The molecule has 0 atom stereocenters. The van der Waals surface area contributed by atoms with Crippen LogP contribution < -0.4 is 10.6 Å². The Morgan fingerprint density at radius 3 is 2.85 bits per heavy atom. The quantitative estimate of drug-likeness (QED) is 0.383. The number of hydrogen-bond donors (Lipinski definition) is 2. The number of pyridine rings is 1. The van der Waals surface area contributed by atoms with Crippen LogP contribution in [0.2, 0.25) is 0 Å². The second-order valence-corrected chi connectivity index (χ2v) is 5.86. The lowest BCUT2D eigenvalue weighted by Gasteiger charge is -2.23. The summed E-state index contributed by atoms with van der Waals surface area (Å²) in [6, 6.07) is 8.59. The summed E-state index contributed by atoms with van der Waals surface area (Å²) in [5.74, 6) is 0.0350. The molecule has 2 heterocycles. The van der Waals surface area contributed by atoms with Crippen molar-refractivity contribution < 1.29 is 5.21 Å². The van der Waals surface area contributed by atoms with Crippen LogP contribution in [-0.2, 0) is 6.54 Å². The summed E-state index contributed by atoms with van der Waals surface area (Å²) in [5.41, 5.74) is 7.10. The Morgan fingerprint density at radius 1 is 1.45 bits per heavy atom. The third-order valence-electron chi connectivity index (χ3n) is 3.34. The van der Waals surface area contributed by atoms with Gasteiger partial charge in [0.05, 0.1) is 18.4 Å². The van der Waals surface area contributed by atoms with Gasteiger partial charge in [-0.1, -0.05) is 11.2 Å². The number of hydrogen-bond acceptors (Lipinski definition) is 5. The number of oxime groups is 1. The average molecular weight is 288 g/mol. The first-order valence-corrected chi connectivity index (χ1v) is 7.39. The van der Waals surface area contributed by atoms with Crippen LogP contribution in [0.15, 0.2) is 41.0 Å². The van der Waals surface area contributed by atoms with E-state index >= 15 is 0 Å². The van der Waals surface area contributed by atoms with Gasteiger partial charge in [0.25, 0.3) is 0 Å². The number of nitrogens with two attached hydrogens (primary N) is 1. The zero-order valence-electron chi connectivity index (χ0n) is 10.9. The lowest BCUT2D eigenvalue weighted by atomic mass is 10.2. The minimum atomic E-state index is 0.0350. The minimum Gasteiger partial charge on any atom is -0.409 e. The largest absolute Gasteiger partial charge is 0.409 e. The van der Waals surface area contributed by atoms with Crippen molar-refractivity contribution in [3.63, 3.8) is 0 Å². The number of thiophene rings is 1. The van der Waals surface area contributed by atoms with Crippen LogP contribution in [0, 0.1) is 0 Å². The molecule has 5 nitrogen and oxygen atoms in total. The van der Waals surface area contributed by atoms with E-state index in [0.717, 1.165) is 12.2 Å². The summed E-state index contributed by atoms with van der Waals surface area (Å²) >= 11 is 1.77. The highest BCUT2D eigenvalue weighted by Gasteiger charge is 2.29. The van der Waals surface area contributed by atoms with Crippen LogP contribution in [0.25, 0.3) is 0 Å². The van der Waals surface area contributed by atoms with Gasteiger partial charge in [0.2, 0.25) is 0 Å². The van der Waals surface area contributed by atoms with E-state index in [2.05, 4.69) is 32.6 Å². The molecule has 0 aliphatic heterocycles. The maximum Gasteiger partial charge on any atom is 0.188 e. The molecular formula is C14H16N4OS. The summed E-state index contributed by atoms with van der Waals surface area (Å²) in [6.07, 6.45) is 4.25. The van der Waals surface area contributed by atoms with E-state index in [1.807, 2.05) is 6.07 Å². The Labute approximate surface area is 121 Å². The van der Waals surface area contributed by atoms with Crippen molar-refractivity contribution in [2.45, 2.75) is 25.4 Å². The van der Waals surface area contributed by atoms with E-state index in [9.17, 15) is 0 Å². The molecule has 0 amide bonds. The topological polar surface area (TPSA) is 74.7 Å².